The smallest absolute Gasteiger partial charge is 0.233 e. The fourth-order valence-electron chi connectivity index (χ4n) is 3.07. The van der Waals surface area contributed by atoms with Crippen LogP contribution in [0.3, 0.4) is 0 Å². The number of rotatable bonds is 14. The Balaban J connectivity index is 1.58. The molecule has 0 spiro atoms. The summed E-state index contributed by atoms with van der Waals surface area (Å²) in [5, 5.41) is 15.0. The number of halogens is 1. The average Bonchev–Trinajstić information content (AvgIpc) is 2.81. The van der Waals surface area contributed by atoms with Crippen molar-refractivity contribution in [2.45, 2.75) is 45.1 Å². The van der Waals surface area contributed by atoms with Crippen LogP contribution in [-0.2, 0) is 21.5 Å². The lowest BCUT2D eigenvalue weighted by Gasteiger charge is -2.19. The highest BCUT2D eigenvalue weighted by atomic mass is 32.2. The van der Waals surface area contributed by atoms with Gasteiger partial charge in [-0.3, -0.25) is 9.82 Å². The Morgan fingerprint density at radius 1 is 1.09 bits per heavy atom. The zero-order valence-corrected chi connectivity index (χ0v) is 20.1. The van der Waals surface area contributed by atoms with Gasteiger partial charge in [0.25, 0.3) is 0 Å². The number of hydroxylamine groups is 1. The molecule has 0 aliphatic carbocycles. The van der Waals surface area contributed by atoms with Crippen LogP contribution in [0, 0.1) is 17.3 Å². The van der Waals surface area contributed by atoms with Crippen LogP contribution in [0.15, 0.2) is 53.8 Å². The Morgan fingerprint density at radius 3 is 2.38 bits per heavy atom. The topological polar surface area (TPSA) is 120 Å². The van der Waals surface area contributed by atoms with E-state index in [0.29, 0.717) is 24.5 Å². The molecule has 0 bridgehead atoms. The number of hydrogen-bond donors (Lipinski definition) is 2. The van der Waals surface area contributed by atoms with Gasteiger partial charge < -0.3 is 10.6 Å². The highest BCUT2D eigenvalue weighted by Crippen LogP contribution is 2.11. The Hall–Kier alpha value is -3.07. The number of guanidine groups is 1. The first-order valence-corrected chi connectivity index (χ1v) is 13.0. The molecule has 1 aromatic carbocycles. The lowest BCUT2D eigenvalue weighted by molar-refractivity contribution is -0.0962. The molecule has 0 aliphatic rings. The Kier molecular flexibility index (Phi) is 12.0. The summed E-state index contributed by atoms with van der Waals surface area (Å²) in [6, 6.07) is 9.33. The molecule has 1 heterocycles. The predicted octanol–water partition coefficient (Wildman–Crippen LogP) is 3.79. The van der Waals surface area contributed by atoms with E-state index in [0.717, 1.165) is 48.5 Å². The van der Waals surface area contributed by atoms with Crippen molar-refractivity contribution in [3.63, 3.8) is 0 Å². The molecule has 184 valence electrons. The van der Waals surface area contributed by atoms with Gasteiger partial charge in [0, 0.05) is 31.2 Å². The molecule has 34 heavy (non-hydrogen) atoms. The lowest BCUT2D eigenvalue weighted by atomic mass is 10.1. The Bertz CT molecular complexity index is 1030. The molecular formula is C23H31FN6O3S. The monoisotopic (exact) mass is 490 g/mol. The van der Waals surface area contributed by atoms with E-state index in [-0.39, 0.29) is 19.0 Å². The van der Waals surface area contributed by atoms with Crippen molar-refractivity contribution in [3.8, 4) is 6.19 Å². The molecule has 2 aromatic rings. The van der Waals surface area contributed by atoms with Gasteiger partial charge in [-0.2, -0.15) is 5.26 Å². The van der Waals surface area contributed by atoms with Crippen LogP contribution in [0.1, 0.15) is 44.1 Å². The van der Waals surface area contributed by atoms with Gasteiger partial charge in [0.1, 0.15) is 5.82 Å². The predicted molar refractivity (Wildman–Crippen MR) is 129 cm³/mol. The summed E-state index contributed by atoms with van der Waals surface area (Å²) in [7, 11) is -3.50. The zero-order valence-electron chi connectivity index (χ0n) is 19.3. The number of benzene rings is 1. The molecule has 0 fully saturated rings. The third-order valence-electron chi connectivity index (χ3n) is 4.82. The molecule has 0 saturated heterocycles. The van der Waals surface area contributed by atoms with E-state index in [1.54, 1.807) is 42.9 Å². The highest BCUT2D eigenvalue weighted by molar-refractivity contribution is 7.88. The summed E-state index contributed by atoms with van der Waals surface area (Å²) in [4.78, 5) is 13.1. The van der Waals surface area contributed by atoms with Gasteiger partial charge in [-0.1, -0.05) is 42.3 Å². The molecule has 0 unspecified atom stereocenters. The van der Waals surface area contributed by atoms with E-state index in [2.05, 4.69) is 20.6 Å². The van der Waals surface area contributed by atoms with Gasteiger partial charge in [0.2, 0.25) is 22.2 Å². The number of hydrogen-bond acceptors (Lipinski definition) is 6. The molecule has 0 amide bonds. The van der Waals surface area contributed by atoms with E-state index < -0.39 is 10.0 Å². The van der Waals surface area contributed by atoms with Crippen LogP contribution < -0.4 is 10.6 Å². The fourth-order valence-corrected chi connectivity index (χ4v) is 3.77. The molecule has 0 saturated carbocycles. The van der Waals surface area contributed by atoms with Crippen molar-refractivity contribution in [2.75, 3.05) is 24.7 Å². The van der Waals surface area contributed by atoms with Crippen molar-refractivity contribution in [3.05, 3.63) is 60.2 Å². The third kappa shape index (κ3) is 11.2. The molecule has 1 aromatic heterocycles. The van der Waals surface area contributed by atoms with Crippen molar-refractivity contribution in [1.29, 1.82) is 5.26 Å². The molecule has 0 aliphatic heterocycles. The van der Waals surface area contributed by atoms with Gasteiger partial charge >= 0.3 is 0 Å². The number of nitrogens with one attached hydrogen (secondary N) is 2. The molecular weight excluding hydrogens is 459 g/mol. The first-order valence-electron chi connectivity index (χ1n) is 11.1. The molecule has 2 rings (SSSR count). The minimum atomic E-state index is -3.50. The van der Waals surface area contributed by atoms with Crippen LogP contribution >= 0.6 is 0 Å². The summed E-state index contributed by atoms with van der Waals surface area (Å²) < 4.78 is 37.9. The zero-order chi connectivity index (χ0) is 24.7. The quantitative estimate of drug-likeness (QED) is 0.136. The van der Waals surface area contributed by atoms with Crippen molar-refractivity contribution in [1.82, 2.24) is 14.8 Å². The van der Waals surface area contributed by atoms with Gasteiger partial charge in [-0.05, 0) is 42.7 Å². The van der Waals surface area contributed by atoms with Crippen molar-refractivity contribution < 1.29 is 17.6 Å². The second-order valence-corrected chi connectivity index (χ2v) is 9.53. The van der Waals surface area contributed by atoms with Gasteiger partial charge in [0.15, 0.2) is 0 Å². The summed E-state index contributed by atoms with van der Waals surface area (Å²) in [6.45, 7) is 1.02. The number of unbranched alkanes of at least 4 members (excludes halogenated alkanes) is 5. The molecule has 9 nitrogen and oxygen atoms in total. The minimum absolute atomic E-state index is 0.0630. The first kappa shape index (κ1) is 27.2. The van der Waals surface area contributed by atoms with E-state index in [4.69, 9.17) is 10.1 Å². The number of anilines is 1. The largest absolute Gasteiger partial charge is 0.355 e. The Morgan fingerprint density at radius 2 is 1.74 bits per heavy atom. The van der Waals surface area contributed by atoms with Crippen LogP contribution in [0.4, 0.5) is 10.1 Å². The van der Waals surface area contributed by atoms with Gasteiger partial charge in [-0.15, -0.1) is 4.99 Å². The standard InChI is InChI=1S/C23H31FN6O3S/c1-34(31,32)30(33-18-20-8-10-21(24)11-9-20)17-7-5-3-2-4-6-14-27-23(28-19-25)29-22-12-15-26-16-13-22/h8-13,15-16H,2-7,14,17-18H2,1H3,(H2,26,27,28,29). The number of aliphatic imine (C=N–C) groups is 1. The van der Waals surface area contributed by atoms with Crippen molar-refractivity contribution in [2.24, 2.45) is 4.99 Å². The van der Waals surface area contributed by atoms with Crippen LogP contribution in [0.25, 0.3) is 0 Å². The maximum atomic E-state index is 13.0. The van der Waals surface area contributed by atoms with Gasteiger partial charge in [-0.25, -0.2) is 12.8 Å². The molecule has 11 heteroatoms. The van der Waals surface area contributed by atoms with E-state index in [1.807, 2.05) is 0 Å². The summed E-state index contributed by atoms with van der Waals surface area (Å²) in [5.74, 6) is 0.0482. The molecule has 0 atom stereocenters. The maximum Gasteiger partial charge on any atom is 0.233 e. The SMILES string of the molecule is CS(=O)(=O)N(CCCCCCCCN/C(=N\C#N)Nc1ccncc1)OCc1ccc(F)cc1. The van der Waals surface area contributed by atoms with E-state index in [9.17, 15) is 12.8 Å². The van der Waals surface area contributed by atoms with Crippen LogP contribution in [0.2, 0.25) is 0 Å². The third-order valence-corrected chi connectivity index (χ3v) is 5.85. The first-order chi connectivity index (χ1) is 16.4. The second-order valence-electron chi connectivity index (χ2n) is 7.66. The number of nitriles is 1. The summed E-state index contributed by atoms with van der Waals surface area (Å²) in [5.41, 5.74) is 1.49. The van der Waals surface area contributed by atoms with Crippen molar-refractivity contribution >= 4 is 21.7 Å². The fraction of sp³-hybridized carbons (Fsp3) is 0.435. The minimum Gasteiger partial charge on any atom is -0.355 e. The number of nitrogens with zero attached hydrogens (tertiary/aromatic N) is 4. The average molecular weight is 491 g/mol. The van der Waals surface area contributed by atoms with Gasteiger partial charge in [0.05, 0.1) is 12.9 Å². The van der Waals surface area contributed by atoms with Crippen LogP contribution in [0.5, 0.6) is 0 Å². The summed E-state index contributed by atoms with van der Waals surface area (Å²) in [6.07, 6.45) is 11.7. The lowest BCUT2D eigenvalue weighted by Crippen LogP contribution is -2.31. The van der Waals surface area contributed by atoms with Crippen LogP contribution in [-0.4, -0.2) is 43.2 Å². The number of aromatic nitrogens is 1. The number of sulfonamides is 1. The normalized spacial score (nSPS) is 11.9. The van der Waals surface area contributed by atoms with E-state index >= 15 is 0 Å². The van der Waals surface area contributed by atoms with E-state index in [1.165, 1.54) is 12.1 Å². The Labute approximate surface area is 200 Å². The molecule has 2 N–H and O–H groups in total. The maximum absolute atomic E-state index is 13.0. The summed E-state index contributed by atoms with van der Waals surface area (Å²) >= 11 is 0. The number of pyridine rings is 1. The highest BCUT2D eigenvalue weighted by Gasteiger charge is 2.17. The second kappa shape index (κ2) is 15.0. The molecule has 0 radical (unpaired) electrons.